The van der Waals surface area contributed by atoms with Crippen LogP contribution >= 0.6 is 0 Å². The minimum Gasteiger partial charge on any atom is -0.480 e. The van der Waals surface area contributed by atoms with Gasteiger partial charge < -0.3 is 19.3 Å². The van der Waals surface area contributed by atoms with Gasteiger partial charge in [-0.1, -0.05) is 0 Å². The minimum atomic E-state index is -1.15. The molecule has 0 spiro atoms. The lowest BCUT2D eigenvalue weighted by atomic mass is 10.2. The van der Waals surface area contributed by atoms with Crippen molar-refractivity contribution < 1.29 is 38.5 Å². The number of amides is 2. The Bertz CT molecular complexity index is 572. The first-order chi connectivity index (χ1) is 12.5. The van der Waals surface area contributed by atoms with Crippen LogP contribution in [0, 0.1) is 0 Å². The van der Waals surface area contributed by atoms with Crippen LogP contribution in [0.4, 0.5) is 9.59 Å². The van der Waals surface area contributed by atoms with Gasteiger partial charge in [0.2, 0.25) is 0 Å². The van der Waals surface area contributed by atoms with Gasteiger partial charge in [-0.2, -0.15) is 0 Å². The molecule has 1 rings (SSSR count). The van der Waals surface area contributed by atoms with Gasteiger partial charge >= 0.3 is 24.1 Å². The Kier molecular flexibility index (Phi) is 7.86. The first-order valence-electron chi connectivity index (χ1n) is 8.72. The first-order valence-corrected chi connectivity index (χ1v) is 8.72. The molecule has 2 atom stereocenters. The van der Waals surface area contributed by atoms with Crippen LogP contribution in [0.2, 0.25) is 0 Å². The monoisotopic (exact) mass is 388 g/mol. The number of hydrogen-bond acceptors (Lipinski definition) is 7. The smallest absolute Gasteiger partial charge is 0.410 e. The van der Waals surface area contributed by atoms with E-state index in [4.69, 9.17) is 14.2 Å². The third-order valence-electron chi connectivity index (χ3n) is 3.87. The second kappa shape index (κ2) is 9.43. The van der Waals surface area contributed by atoms with E-state index in [9.17, 15) is 24.3 Å². The molecule has 27 heavy (non-hydrogen) atoms. The van der Waals surface area contributed by atoms with E-state index < -0.39 is 41.8 Å². The van der Waals surface area contributed by atoms with Crippen LogP contribution in [-0.2, 0) is 23.8 Å². The number of methoxy groups -OCH3 is 1. The Hall–Kier alpha value is -2.52. The fourth-order valence-electron chi connectivity index (χ4n) is 2.90. The number of carbonyl (C=O) groups excluding carboxylic acids is 3. The Morgan fingerprint density at radius 3 is 2.30 bits per heavy atom. The molecule has 2 unspecified atom stereocenters. The molecule has 154 valence electrons. The Labute approximate surface area is 158 Å². The minimum absolute atomic E-state index is 0.0749. The molecule has 0 radical (unpaired) electrons. The molecule has 0 aromatic carbocycles. The molecule has 0 aromatic heterocycles. The van der Waals surface area contributed by atoms with E-state index in [0.29, 0.717) is 6.42 Å². The average molecular weight is 388 g/mol. The van der Waals surface area contributed by atoms with Crippen molar-refractivity contribution in [2.24, 2.45) is 0 Å². The van der Waals surface area contributed by atoms with Gasteiger partial charge in [0, 0.05) is 6.54 Å². The van der Waals surface area contributed by atoms with Crippen LogP contribution in [0.1, 0.15) is 40.5 Å². The van der Waals surface area contributed by atoms with E-state index in [1.807, 2.05) is 0 Å². The number of carboxylic acids is 1. The standard InChI is InChI=1S/C17H28N2O8/c1-6-26-16(24)19-11(7-8-12(19)14(21)22)9-18(15(23)25-5)10-13(20)27-17(2,3)4/h11-12H,6-10H2,1-5H3,(H,21,22). The summed E-state index contributed by atoms with van der Waals surface area (Å²) in [5.74, 6) is -1.79. The number of likely N-dealkylation sites (tertiary alicyclic amines) is 1. The molecule has 1 saturated heterocycles. The van der Waals surface area contributed by atoms with Crippen molar-refractivity contribution in [1.29, 1.82) is 0 Å². The molecule has 1 aliphatic rings. The van der Waals surface area contributed by atoms with Crippen LogP contribution in [0.3, 0.4) is 0 Å². The second-order valence-electron chi connectivity index (χ2n) is 7.13. The third kappa shape index (κ3) is 6.61. The molecule has 0 aliphatic carbocycles. The summed E-state index contributed by atoms with van der Waals surface area (Å²) in [6, 6.07) is -1.67. The Balaban J connectivity index is 2.94. The van der Waals surface area contributed by atoms with Gasteiger partial charge in [-0.3, -0.25) is 14.6 Å². The van der Waals surface area contributed by atoms with Gasteiger partial charge in [0.05, 0.1) is 19.8 Å². The molecule has 10 nitrogen and oxygen atoms in total. The van der Waals surface area contributed by atoms with Gasteiger partial charge in [0.25, 0.3) is 0 Å². The largest absolute Gasteiger partial charge is 0.480 e. The van der Waals surface area contributed by atoms with Crippen LogP contribution in [0.25, 0.3) is 0 Å². The molecule has 0 aromatic rings. The van der Waals surface area contributed by atoms with E-state index >= 15 is 0 Å². The summed E-state index contributed by atoms with van der Waals surface area (Å²) in [7, 11) is 1.17. The number of ether oxygens (including phenoxy) is 3. The van der Waals surface area contributed by atoms with Crippen molar-refractivity contribution in [1.82, 2.24) is 9.80 Å². The molecule has 1 aliphatic heterocycles. The molecule has 0 saturated carbocycles. The van der Waals surface area contributed by atoms with Crippen molar-refractivity contribution in [2.45, 2.75) is 58.2 Å². The van der Waals surface area contributed by atoms with Crippen LogP contribution in [-0.4, -0.2) is 83.5 Å². The predicted octanol–water partition coefficient (Wildman–Crippen LogP) is 1.47. The van der Waals surface area contributed by atoms with Gasteiger partial charge in [0.1, 0.15) is 18.2 Å². The van der Waals surface area contributed by atoms with Crippen molar-refractivity contribution >= 4 is 24.1 Å². The summed E-state index contributed by atoms with van der Waals surface area (Å²) in [6.07, 6.45) is -0.976. The molecule has 1 N–H and O–H groups in total. The number of rotatable bonds is 6. The topological polar surface area (TPSA) is 123 Å². The quantitative estimate of drug-likeness (QED) is 0.536. The molecular weight excluding hydrogens is 360 g/mol. The van der Waals surface area contributed by atoms with Gasteiger partial charge in [0.15, 0.2) is 0 Å². The fourth-order valence-corrected chi connectivity index (χ4v) is 2.90. The number of esters is 1. The average Bonchev–Trinajstić information content (AvgIpc) is 2.95. The summed E-state index contributed by atoms with van der Waals surface area (Å²) in [6.45, 7) is 6.34. The van der Waals surface area contributed by atoms with Crippen molar-refractivity contribution in [3.05, 3.63) is 0 Å². The van der Waals surface area contributed by atoms with Crippen molar-refractivity contribution in [3.8, 4) is 0 Å². The Morgan fingerprint density at radius 2 is 1.81 bits per heavy atom. The summed E-state index contributed by atoms with van der Waals surface area (Å²) >= 11 is 0. The van der Waals surface area contributed by atoms with E-state index in [-0.39, 0.29) is 26.1 Å². The summed E-state index contributed by atoms with van der Waals surface area (Å²) in [5.41, 5.74) is -0.725. The molecule has 1 heterocycles. The summed E-state index contributed by atoms with van der Waals surface area (Å²) < 4.78 is 14.9. The number of carboxylic acid groups (broad SMARTS) is 1. The highest BCUT2D eigenvalue weighted by molar-refractivity contribution is 5.81. The predicted molar refractivity (Wildman–Crippen MR) is 93.1 cm³/mol. The van der Waals surface area contributed by atoms with E-state index in [0.717, 1.165) is 9.80 Å². The van der Waals surface area contributed by atoms with Crippen molar-refractivity contribution in [3.63, 3.8) is 0 Å². The third-order valence-corrected chi connectivity index (χ3v) is 3.87. The zero-order valence-corrected chi connectivity index (χ0v) is 16.4. The van der Waals surface area contributed by atoms with E-state index in [1.54, 1.807) is 27.7 Å². The lowest BCUT2D eigenvalue weighted by molar-refractivity contribution is -0.156. The molecule has 0 bridgehead atoms. The molecule has 10 heteroatoms. The maximum absolute atomic E-state index is 12.2. The van der Waals surface area contributed by atoms with E-state index in [2.05, 4.69) is 0 Å². The number of hydrogen-bond donors (Lipinski definition) is 1. The number of nitrogens with zero attached hydrogens (tertiary/aromatic N) is 2. The van der Waals surface area contributed by atoms with Crippen LogP contribution in [0.15, 0.2) is 0 Å². The van der Waals surface area contributed by atoms with Crippen LogP contribution in [0.5, 0.6) is 0 Å². The Morgan fingerprint density at radius 1 is 1.19 bits per heavy atom. The number of aliphatic carboxylic acids is 1. The lowest BCUT2D eigenvalue weighted by Crippen LogP contribution is -2.51. The lowest BCUT2D eigenvalue weighted by Gasteiger charge is -2.31. The number of carbonyl (C=O) groups is 4. The van der Waals surface area contributed by atoms with E-state index in [1.165, 1.54) is 7.11 Å². The maximum Gasteiger partial charge on any atom is 0.410 e. The fraction of sp³-hybridized carbons (Fsp3) is 0.765. The first kappa shape index (κ1) is 22.5. The van der Waals surface area contributed by atoms with Gasteiger partial charge in [-0.25, -0.2) is 14.4 Å². The highest BCUT2D eigenvalue weighted by Crippen LogP contribution is 2.26. The summed E-state index contributed by atoms with van der Waals surface area (Å²) in [5, 5.41) is 9.35. The van der Waals surface area contributed by atoms with Gasteiger partial charge in [-0.15, -0.1) is 0 Å². The molecule has 1 fully saturated rings. The summed E-state index contributed by atoms with van der Waals surface area (Å²) in [4.78, 5) is 50.0. The molecular formula is C17H28N2O8. The second-order valence-corrected chi connectivity index (χ2v) is 7.13. The maximum atomic E-state index is 12.2. The highest BCUT2D eigenvalue weighted by Gasteiger charge is 2.43. The van der Waals surface area contributed by atoms with Crippen molar-refractivity contribution in [2.75, 3.05) is 26.8 Å². The van der Waals surface area contributed by atoms with Crippen LogP contribution < -0.4 is 0 Å². The molecule has 2 amide bonds. The highest BCUT2D eigenvalue weighted by atomic mass is 16.6. The zero-order chi connectivity index (χ0) is 20.8. The van der Waals surface area contributed by atoms with Gasteiger partial charge in [-0.05, 0) is 40.5 Å². The zero-order valence-electron chi connectivity index (χ0n) is 16.4. The SMILES string of the molecule is CCOC(=O)N1C(CN(CC(=O)OC(C)(C)C)C(=O)OC)CCC1C(=O)O. The normalized spacial score (nSPS) is 19.4.